The molecular weight excluding hydrogens is 358 g/mol. The molecule has 0 saturated heterocycles. The lowest BCUT2D eigenvalue weighted by atomic mass is 10.2. The number of benzene rings is 1. The van der Waals surface area contributed by atoms with Gasteiger partial charge in [0.1, 0.15) is 16.4 Å². The number of furan rings is 1. The Hall–Kier alpha value is -1.31. The second kappa shape index (κ2) is 5.82. The van der Waals surface area contributed by atoms with Crippen LogP contribution in [0.5, 0.6) is 0 Å². The van der Waals surface area contributed by atoms with Gasteiger partial charge in [-0.1, -0.05) is 15.9 Å². The van der Waals surface area contributed by atoms with Crippen molar-refractivity contribution in [3.8, 4) is 0 Å². The number of aliphatic hydroxyl groups excluding tert-OH is 1. The normalized spacial score (nSPS) is 11.7. The molecule has 0 aliphatic heterocycles. The van der Waals surface area contributed by atoms with E-state index < -0.39 is 16.6 Å². The minimum atomic E-state index is -3.81. The number of sulfonamides is 1. The molecule has 2 rings (SSSR count). The van der Waals surface area contributed by atoms with Gasteiger partial charge in [0.05, 0.1) is 6.61 Å². The van der Waals surface area contributed by atoms with Gasteiger partial charge in [0.15, 0.2) is 0 Å². The summed E-state index contributed by atoms with van der Waals surface area (Å²) >= 11 is 3.37. The van der Waals surface area contributed by atoms with E-state index in [9.17, 15) is 13.5 Å². The molecule has 0 unspecified atom stereocenters. The second-order valence-electron chi connectivity index (χ2n) is 4.75. The number of anilines is 1. The predicted molar refractivity (Wildman–Crippen MR) is 83.8 cm³/mol. The number of aliphatic hydroxyl groups is 1. The number of rotatable bonds is 4. The van der Waals surface area contributed by atoms with Crippen LogP contribution < -0.4 is 4.72 Å². The summed E-state index contributed by atoms with van der Waals surface area (Å²) in [6.07, 6.45) is 0. The molecule has 0 bridgehead atoms. The van der Waals surface area contributed by atoms with Crippen molar-refractivity contribution >= 4 is 31.6 Å². The summed E-state index contributed by atoms with van der Waals surface area (Å²) in [5, 5.41) is 9.36. The molecule has 114 valence electrons. The zero-order valence-corrected chi connectivity index (χ0v) is 14.3. The van der Waals surface area contributed by atoms with Crippen LogP contribution in [0.25, 0.3) is 0 Å². The molecule has 0 amide bonds. The summed E-state index contributed by atoms with van der Waals surface area (Å²) in [6, 6.07) is 5.16. The van der Waals surface area contributed by atoms with Gasteiger partial charge < -0.3 is 9.52 Å². The number of hydrogen-bond donors (Lipinski definition) is 2. The number of hydrogen-bond acceptors (Lipinski definition) is 4. The highest BCUT2D eigenvalue weighted by Crippen LogP contribution is 2.29. The third-order valence-electron chi connectivity index (χ3n) is 3.16. The number of halogens is 1. The van der Waals surface area contributed by atoms with Crippen LogP contribution >= 0.6 is 15.9 Å². The van der Waals surface area contributed by atoms with Crippen molar-refractivity contribution in [1.29, 1.82) is 0 Å². The molecule has 21 heavy (non-hydrogen) atoms. The van der Waals surface area contributed by atoms with E-state index in [2.05, 4.69) is 20.7 Å². The Kier molecular flexibility index (Phi) is 4.46. The van der Waals surface area contributed by atoms with Crippen LogP contribution in [0.4, 0.5) is 5.69 Å². The number of nitrogens with one attached hydrogen (secondary N) is 1. The molecule has 2 N–H and O–H groups in total. The SMILES string of the molecule is Cc1cc(NS(=O)(=O)c2c(C)oc(C)c2CO)ccc1Br. The van der Waals surface area contributed by atoms with Crippen LogP contribution in [0, 0.1) is 20.8 Å². The molecular formula is C14H16BrNO4S. The van der Waals surface area contributed by atoms with Gasteiger partial charge in [0.2, 0.25) is 0 Å². The molecule has 1 aromatic carbocycles. The van der Waals surface area contributed by atoms with Gasteiger partial charge in [-0.25, -0.2) is 8.42 Å². The van der Waals surface area contributed by atoms with Gasteiger partial charge >= 0.3 is 0 Å². The monoisotopic (exact) mass is 373 g/mol. The molecule has 0 aliphatic carbocycles. The third kappa shape index (κ3) is 3.14. The Morgan fingerprint density at radius 2 is 1.90 bits per heavy atom. The first kappa shape index (κ1) is 16.1. The largest absolute Gasteiger partial charge is 0.465 e. The Balaban J connectivity index is 2.45. The first-order valence-electron chi connectivity index (χ1n) is 6.25. The average Bonchev–Trinajstić information content (AvgIpc) is 2.68. The molecule has 7 heteroatoms. The van der Waals surface area contributed by atoms with Crippen molar-refractivity contribution < 1.29 is 17.9 Å². The van der Waals surface area contributed by atoms with E-state index in [4.69, 9.17) is 4.42 Å². The second-order valence-corrected chi connectivity index (χ2v) is 7.22. The highest BCUT2D eigenvalue weighted by Gasteiger charge is 2.26. The fourth-order valence-corrected chi connectivity index (χ4v) is 3.90. The van der Waals surface area contributed by atoms with Gasteiger partial charge in [0, 0.05) is 15.7 Å². The fourth-order valence-electron chi connectivity index (χ4n) is 2.16. The summed E-state index contributed by atoms with van der Waals surface area (Å²) in [5.74, 6) is 0.667. The van der Waals surface area contributed by atoms with E-state index in [1.165, 1.54) is 0 Å². The quantitative estimate of drug-likeness (QED) is 0.861. The van der Waals surface area contributed by atoms with Crippen molar-refractivity contribution in [2.75, 3.05) is 4.72 Å². The third-order valence-corrected chi connectivity index (χ3v) is 5.63. The topological polar surface area (TPSA) is 79.5 Å². The van der Waals surface area contributed by atoms with Crippen LogP contribution in [0.2, 0.25) is 0 Å². The molecule has 5 nitrogen and oxygen atoms in total. The maximum Gasteiger partial charge on any atom is 0.265 e. The van der Waals surface area contributed by atoms with Gasteiger partial charge in [0.25, 0.3) is 10.0 Å². The van der Waals surface area contributed by atoms with Crippen LogP contribution in [-0.4, -0.2) is 13.5 Å². The van der Waals surface area contributed by atoms with E-state index in [0.717, 1.165) is 10.0 Å². The van der Waals surface area contributed by atoms with Crippen molar-refractivity contribution in [3.63, 3.8) is 0 Å². The van der Waals surface area contributed by atoms with Crippen molar-refractivity contribution in [2.24, 2.45) is 0 Å². The lowest BCUT2D eigenvalue weighted by molar-refractivity contribution is 0.276. The number of aryl methyl sites for hydroxylation is 3. The Morgan fingerprint density at radius 1 is 1.24 bits per heavy atom. The van der Waals surface area contributed by atoms with Gasteiger partial charge in [-0.2, -0.15) is 0 Å². The molecule has 0 atom stereocenters. The maximum atomic E-state index is 12.5. The van der Waals surface area contributed by atoms with Crippen molar-refractivity contribution in [3.05, 3.63) is 45.3 Å². The molecule has 2 aromatic rings. The average molecular weight is 374 g/mol. The molecule has 0 fully saturated rings. The molecule has 0 aliphatic rings. The zero-order valence-electron chi connectivity index (χ0n) is 11.9. The van der Waals surface area contributed by atoms with Gasteiger partial charge in [-0.05, 0) is 44.5 Å². The summed E-state index contributed by atoms with van der Waals surface area (Å²) in [4.78, 5) is 0.00284. The van der Waals surface area contributed by atoms with Crippen molar-refractivity contribution in [1.82, 2.24) is 0 Å². The minimum Gasteiger partial charge on any atom is -0.465 e. The minimum absolute atomic E-state index is 0.00284. The Bertz CT molecular complexity index is 781. The fraction of sp³-hybridized carbons (Fsp3) is 0.286. The molecule has 1 aromatic heterocycles. The van der Waals surface area contributed by atoms with Crippen LogP contribution in [0.1, 0.15) is 22.6 Å². The van der Waals surface area contributed by atoms with E-state index in [1.54, 1.807) is 32.0 Å². The maximum absolute atomic E-state index is 12.5. The predicted octanol–water partition coefficient (Wildman–Crippen LogP) is 3.26. The summed E-state index contributed by atoms with van der Waals surface area (Å²) in [7, 11) is -3.81. The first-order valence-corrected chi connectivity index (χ1v) is 8.52. The zero-order chi connectivity index (χ0) is 15.8. The van der Waals surface area contributed by atoms with E-state index in [0.29, 0.717) is 11.4 Å². The smallest absolute Gasteiger partial charge is 0.265 e. The van der Waals surface area contributed by atoms with Gasteiger partial charge in [-0.15, -0.1) is 0 Å². The van der Waals surface area contributed by atoms with Gasteiger partial charge in [-0.3, -0.25) is 4.72 Å². The molecule has 1 heterocycles. The van der Waals surface area contributed by atoms with Crippen LogP contribution in [0.3, 0.4) is 0 Å². The van der Waals surface area contributed by atoms with E-state index in [1.807, 2.05) is 6.92 Å². The highest BCUT2D eigenvalue weighted by molar-refractivity contribution is 9.10. The highest BCUT2D eigenvalue weighted by atomic mass is 79.9. The molecule has 0 saturated carbocycles. The molecule has 0 spiro atoms. The van der Waals surface area contributed by atoms with Crippen molar-refractivity contribution in [2.45, 2.75) is 32.3 Å². The lowest BCUT2D eigenvalue weighted by Crippen LogP contribution is -2.15. The van der Waals surface area contributed by atoms with Crippen LogP contribution in [-0.2, 0) is 16.6 Å². The Labute approximate surface area is 132 Å². The first-order chi connectivity index (χ1) is 9.76. The summed E-state index contributed by atoms with van der Waals surface area (Å²) in [6.45, 7) is 4.67. The molecule has 0 radical (unpaired) electrons. The van der Waals surface area contributed by atoms with E-state index >= 15 is 0 Å². The van der Waals surface area contributed by atoms with Crippen LogP contribution in [0.15, 0.2) is 32.0 Å². The summed E-state index contributed by atoms with van der Waals surface area (Å²) in [5.41, 5.74) is 1.66. The Morgan fingerprint density at radius 3 is 2.48 bits per heavy atom. The standard InChI is InChI=1S/C14H16BrNO4S/c1-8-6-11(4-5-13(8)15)16-21(18,19)14-10(3)20-9(2)12(14)7-17/h4-6,16-17H,7H2,1-3H3. The summed E-state index contributed by atoms with van der Waals surface area (Å²) < 4.78 is 33.8. The van der Waals surface area contributed by atoms with E-state index in [-0.39, 0.29) is 16.2 Å². The lowest BCUT2D eigenvalue weighted by Gasteiger charge is -2.10.